The van der Waals surface area contributed by atoms with Crippen molar-refractivity contribution in [3.63, 3.8) is 0 Å². The Hall–Kier alpha value is -3.87. The van der Waals surface area contributed by atoms with Crippen LogP contribution in [0.5, 0.6) is 11.5 Å². The molecule has 2 aromatic rings. The molecule has 12 heteroatoms. The molecule has 0 bridgehead atoms. The topological polar surface area (TPSA) is 98.8 Å². The third-order valence-electron chi connectivity index (χ3n) is 7.15. The first-order valence-corrected chi connectivity index (χ1v) is 14.4. The van der Waals surface area contributed by atoms with E-state index in [1.165, 1.54) is 19.2 Å². The lowest BCUT2D eigenvalue weighted by atomic mass is 9.98. The van der Waals surface area contributed by atoms with Gasteiger partial charge in [0.15, 0.2) is 19.2 Å². The number of esters is 2. The van der Waals surface area contributed by atoms with Gasteiger partial charge in [-0.15, -0.1) is 0 Å². The van der Waals surface area contributed by atoms with Crippen LogP contribution >= 0.6 is 0 Å². The molecule has 1 unspecified atom stereocenters. The Kier molecular flexibility index (Phi) is 10.9. The number of benzene rings is 2. The van der Waals surface area contributed by atoms with Crippen molar-refractivity contribution in [1.82, 2.24) is 0 Å². The number of fused-ring (bicyclic) bond motifs is 2. The summed E-state index contributed by atoms with van der Waals surface area (Å²) in [7, 11) is 1.36. The van der Waals surface area contributed by atoms with Gasteiger partial charge >= 0.3 is 18.1 Å². The monoisotopic (exact) mass is 634 g/mol. The number of rotatable bonds is 7. The maximum Gasteiger partial charge on any atom is 0.422 e. The van der Waals surface area contributed by atoms with E-state index in [0.29, 0.717) is 5.56 Å². The molecule has 2 aliphatic rings. The lowest BCUT2D eigenvalue weighted by Gasteiger charge is -2.25. The van der Waals surface area contributed by atoms with Gasteiger partial charge in [-0.1, -0.05) is 43.4 Å². The van der Waals surface area contributed by atoms with Crippen molar-refractivity contribution in [2.45, 2.75) is 70.5 Å². The van der Waals surface area contributed by atoms with Gasteiger partial charge in [-0.05, 0) is 57.0 Å². The molecule has 0 aliphatic carbocycles. The molecular formula is C33H37F3O9. The Morgan fingerprint density at radius 3 is 2.47 bits per heavy atom. The minimum atomic E-state index is -4.59. The molecule has 5 atom stereocenters. The van der Waals surface area contributed by atoms with E-state index in [0.717, 1.165) is 0 Å². The number of halogens is 3. The van der Waals surface area contributed by atoms with Crippen molar-refractivity contribution in [2.24, 2.45) is 5.92 Å². The number of cyclic esters (lactones) is 1. The smallest absolute Gasteiger partial charge is 0.422 e. The van der Waals surface area contributed by atoms with E-state index in [2.05, 4.69) is 0 Å². The molecule has 2 aliphatic heterocycles. The molecule has 0 saturated carbocycles. The van der Waals surface area contributed by atoms with E-state index in [9.17, 15) is 22.8 Å². The fraction of sp³-hybridized carbons (Fsp3) is 0.455. The minimum Gasteiger partial charge on any atom is -0.484 e. The molecule has 0 spiro atoms. The first-order valence-electron chi connectivity index (χ1n) is 14.4. The SMILES string of the molecule is COCOc1cc(OCC(F)(F)F)cc2c1C(=O)O[C@@H](C)[C@H](C)C=CC(OC(=O)c1ccccc1)[C@H]1OC(C)(C)O[C@H]1CC=C2. The Bertz CT molecular complexity index is 1390. The number of carbonyl (C=O) groups is 2. The summed E-state index contributed by atoms with van der Waals surface area (Å²) in [4.78, 5) is 26.6. The lowest BCUT2D eigenvalue weighted by molar-refractivity contribution is -0.153. The van der Waals surface area contributed by atoms with Gasteiger partial charge < -0.3 is 33.2 Å². The van der Waals surface area contributed by atoms with Gasteiger partial charge in [0.25, 0.3) is 0 Å². The van der Waals surface area contributed by atoms with E-state index >= 15 is 0 Å². The quantitative estimate of drug-likeness (QED) is 0.192. The van der Waals surface area contributed by atoms with E-state index in [1.54, 1.807) is 75.4 Å². The Labute approximate surface area is 259 Å². The van der Waals surface area contributed by atoms with E-state index < -0.39 is 54.9 Å². The molecule has 0 N–H and O–H groups in total. The van der Waals surface area contributed by atoms with E-state index in [-0.39, 0.29) is 41.8 Å². The number of carbonyl (C=O) groups excluding carboxylic acids is 2. The van der Waals surface area contributed by atoms with Crippen LogP contribution in [0.3, 0.4) is 0 Å². The molecule has 45 heavy (non-hydrogen) atoms. The predicted octanol–water partition coefficient (Wildman–Crippen LogP) is 6.51. The summed E-state index contributed by atoms with van der Waals surface area (Å²) < 4.78 is 78.6. The highest BCUT2D eigenvalue weighted by molar-refractivity contribution is 5.97. The summed E-state index contributed by atoms with van der Waals surface area (Å²) in [5.41, 5.74) is 0.541. The molecule has 0 aromatic heterocycles. The average Bonchev–Trinajstić information content (AvgIpc) is 3.29. The fourth-order valence-electron chi connectivity index (χ4n) is 4.86. The predicted molar refractivity (Wildman–Crippen MR) is 157 cm³/mol. The molecule has 2 aromatic carbocycles. The summed E-state index contributed by atoms with van der Waals surface area (Å²) in [5.74, 6) is -2.94. The first-order chi connectivity index (χ1) is 21.3. The second-order valence-electron chi connectivity index (χ2n) is 11.2. The summed E-state index contributed by atoms with van der Waals surface area (Å²) in [6.07, 6.45) is -0.524. The summed E-state index contributed by atoms with van der Waals surface area (Å²) in [6, 6.07) is 11.0. The van der Waals surface area contributed by atoms with Gasteiger partial charge in [0, 0.05) is 19.1 Å². The Morgan fingerprint density at radius 2 is 1.78 bits per heavy atom. The zero-order chi connectivity index (χ0) is 32.8. The van der Waals surface area contributed by atoms with Crippen LogP contribution in [0.4, 0.5) is 13.2 Å². The maximum absolute atomic E-state index is 13.5. The van der Waals surface area contributed by atoms with Crippen LogP contribution in [0, 0.1) is 5.92 Å². The number of hydrogen-bond acceptors (Lipinski definition) is 9. The number of ether oxygens (including phenoxy) is 7. The van der Waals surface area contributed by atoms with Crippen molar-refractivity contribution in [3.05, 3.63) is 77.4 Å². The number of methoxy groups -OCH3 is 1. The fourth-order valence-corrected chi connectivity index (χ4v) is 4.86. The molecule has 244 valence electrons. The van der Waals surface area contributed by atoms with Crippen LogP contribution in [0.2, 0.25) is 0 Å². The zero-order valence-corrected chi connectivity index (χ0v) is 25.7. The van der Waals surface area contributed by atoms with Gasteiger partial charge in [0.2, 0.25) is 0 Å². The van der Waals surface area contributed by atoms with Crippen LogP contribution in [-0.4, -0.2) is 68.8 Å². The van der Waals surface area contributed by atoms with Crippen molar-refractivity contribution in [1.29, 1.82) is 0 Å². The normalized spacial score (nSPS) is 25.0. The Balaban J connectivity index is 1.75. The standard InChI is InChI=1S/C33H37F3O9/c1-20-14-15-25(43-30(37)22-10-7-6-8-11-22)29-26(44-32(3,4)45-29)13-9-12-23-16-24(40-18-33(34,35)36)17-27(41-19-39-5)28(23)31(38)42-21(20)2/h6-12,14-17,20-21,25-26,29H,13,18-19H2,1-5H3/t20-,21+,25?,26+,29-/m1/s1. The largest absolute Gasteiger partial charge is 0.484 e. The van der Waals surface area contributed by atoms with Gasteiger partial charge in [-0.2, -0.15) is 13.2 Å². The van der Waals surface area contributed by atoms with Crippen LogP contribution < -0.4 is 9.47 Å². The molecule has 1 fully saturated rings. The van der Waals surface area contributed by atoms with Crippen LogP contribution in [-0.2, 0) is 23.7 Å². The van der Waals surface area contributed by atoms with Crippen molar-refractivity contribution in [3.8, 4) is 11.5 Å². The number of hydrogen-bond donors (Lipinski definition) is 0. The molecule has 0 radical (unpaired) electrons. The van der Waals surface area contributed by atoms with Crippen LogP contribution in [0.1, 0.15) is 60.4 Å². The summed E-state index contributed by atoms with van der Waals surface area (Å²) in [5, 5.41) is 0. The van der Waals surface area contributed by atoms with E-state index in [4.69, 9.17) is 33.2 Å². The Morgan fingerprint density at radius 1 is 1.04 bits per heavy atom. The second kappa shape index (κ2) is 14.5. The lowest BCUT2D eigenvalue weighted by Crippen LogP contribution is -2.37. The van der Waals surface area contributed by atoms with Crippen LogP contribution in [0.15, 0.2) is 60.7 Å². The minimum absolute atomic E-state index is 0.0158. The number of alkyl halides is 3. The molecule has 2 heterocycles. The van der Waals surface area contributed by atoms with Gasteiger partial charge in [-0.3, -0.25) is 0 Å². The molecule has 4 rings (SSSR count). The average molecular weight is 635 g/mol. The molecule has 1 saturated heterocycles. The highest BCUT2D eigenvalue weighted by Gasteiger charge is 2.45. The zero-order valence-electron chi connectivity index (χ0n) is 25.7. The molecule has 9 nitrogen and oxygen atoms in total. The summed E-state index contributed by atoms with van der Waals surface area (Å²) >= 11 is 0. The van der Waals surface area contributed by atoms with Crippen molar-refractivity contribution < 1.29 is 55.9 Å². The first kappa shape index (κ1) is 34.0. The highest BCUT2D eigenvalue weighted by atomic mass is 19.4. The molecule has 0 amide bonds. The maximum atomic E-state index is 13.5. The van der Waals surface area contributed by atoms with Gasteiger partial charge in [0.1, 0.15) is 35.4 Å². The third-order valence-corrected chi connectivity index (χ3v) is 7.15. The van der Waals surface area contributed by atoms with Crippen LogP contribution in [0.25, 0.3) is 6.08 Å². The summed E-state index contributed by atoms with van der Waals surface area (Å²) in [6.45, 7) is 5.17. The molecular weight excluding hydrogens is 597 g/mol. The van der Waals surface area contributed by atoms with Crippen molar-refractivity contribution in [2.75, 3.05) is 20.5 Å². The third kappa shape index (κ3) is 9.32. The van der Waals surface area contributed by atoms with E-state index in [1.807, 2.05) is 6.92 Å². The van der Waals surface area contributed by atoms with Gasteiger partial charge in [-0.25, -0.2) is 9.59 Å². The highest BCUT2D eigenvalue weighted by Crippen LogP contribution is 2.36. The second-order valence-corrected chi connectivity index (χ2v) is 11.2. The van der Waals surface area contributed by atoms with Crippen molar-refractivity contribution >= 4 is 18.0 Å². The van der Waals surface area contributed by atoms with Gasteiger partial charge in [0.05, 0.1) is 11.7 Å².